The third kappa shape index (κ3) is 5.26. The molecule has 0 spiro atoms. The standard InChI is InChI=1S/C19H18ClN5O/c20-15-5-3-4-14(10-15)7-9-22-18-13-23-17(12-24-18)19(26)25-11-16-6-1-2-8-21-16/h1-6,8,10,12-13H,7,9,11H2,(H,22,24)(H,25,26). The maximum absolute atomic E-state index is 12.1. The highest BCUT2D eigenvalue weighted by Crippen LogP contribution is 2.11. The molecule has 1 aromatic carbocycles. The van der Waals surface area contributed by atoms with Crippen molar-refractivity contribution in [3.63, 3.8) is 0 Å². The van der Waals surface area contributed by atoms with E-state index in [1.54, 1.807) is 12.4 Å². The van der Waals surface area contributed by atoms with Gasteiger partial charge in [-0.25, -0.2) is 9.97 Å². The number of aromatic nitrogens is 3. The Kier molecular flexibility index (Phi) is 6.11. The van der Waals surface area contributed by atoms with Crippen LogP contribution in [0.25, 0.3) is 0 Å². The molecule has 3 aromatic rings. The summed E-state index contributed by atoms with van der Waals surface area (Å²) in [6.07, 6.45) is 5.50. The van der Waals surface area contributed by atoms with Gasteiger partial charge in [0.2, 0.25) is 0 Å². The third-order valence-electron chi connectivity index (χ3n) is 3.65. The minimum Gasteiger partial charge on any atom is -0.368 e. The highest BCUT2D eigenvalue weighted by molar-refractivity contribution is 6.30. The van der Waals surface area contributed by atoms with E-state index in [0.717, 1.165) is 22.7 Å². The molecule has 2 aromatic heterocycles. The molecular formula is C19H18ClN5O. The van der Waals surface area contributed by atoms with Crippen LogP contribution in [0.2, 0.25) is 5.02 Å². The molecule has 6 nitrogen and oxygen atoms in total. The molecule has 26 heavy (non-hydrogen) atoms. The predicted molar refractivity (Wildman–Crippen MR) is 101 cm³/mol. The number of pyridine rings is 1. The number of carbonyl (C=O) groups is 1. The van der Waals surface area contributed by atoms with E-state index in [1.165, 1.54) is 6.20 Å². The second kappa shape index (κ2) is 8.92. The van der Waals surface area contributed by atoms with E-state index in [-0.39, 0.29) is 11.6 Å². The highest BCUT2D eigenvalue weighted by Gasteiger charge is 2.08. The lowest BCUT2D eigenvalue weighted by Crippen LogP contribution is -2.24. The van der Waals surface area contributed by atoms with E-state index in [2.05, 4.69) is 25.6 Å². The van der Waals surface area contributed by atoms with Gasteiger partial charge >= 0.3 is 0 Å². The highest BCUT2D eigenvalue weighted by atomic mass is 35.5. The number of rotatable bonds is 7. The molecule has 0 bridgehead atoms. The monoisotopic (exact) mass is 367 g/mol. The van der Waals surface area contributed by atoms with Gasteiger partial charge in [-0.05, 0) is 36.2 Å². The van der Waals surface area contributed by atoms with Gasteiger partial charge in [-0.15, -0.1) is 0 Å². The minimum absolute atomic E-state index is 0.265. The molecule has 0 aliphatic heterocycles. The van der Waals surface area contributed by atoms with E-state index in [0.29, 0.717) is 18.9 Å². The first-order valence-corrected chi connectivity index (χ1v) is 8.57. The topological polar surface area (TPSA) is 79.8 Å². The number of nitrogens with one attached hydrogen (secondary N) is 2. The van der Waals surface area contributed by atoms with Crippen LogP contribution in [0.4, 0.5) is 5.82 Å². The van der Waals surface area contributed by atoms with Crippen molar-refractivity contribution < 1.29 is 4.79 Å². The van der Waals surface area contributed by atoms with Crippen LogP contribution in [-0.4, -0.2) is 27.4 Å². The number of nitrogens with zero attached hydrogens (tertiary/aromatic N) is 3. The van der Waals surface area contributed by atoms with Gasteiger partial charge in [0.1, 0.15) is 11.5 Å². The van der Waals surface area contributed by atoms with Crippen molar-refractivity contribution in [2.45, 2.75) is 13.0 Å². The van der Waals surface area contributed by atoms with Crippen molar-refractivity contribution in [2.24, 2.45) is 0 Å². The molecule has 2 heterocycles. The molecule has 3 rings (SSSR count). The Balaban J connectivity index is 1.47. The lowest BCUT2D eigenvalue weighted by molar-refractivity contribution is 0.0945. The van der Waals surface area contributed by atoms with E-state index in [4.69, 9.17) is 11.6 Å². The molecule has 0 fully saturated rings. The summed E-state index contributed by atoms with van der Waals surface area (Å²) in [5.41, 5.74) is 2.19. The van der Waals surface area contributed by atoms with Gasteiger partial charge in [0.05, 0.1) is 24.6 Å². The van der Waals surface area contributed by atoms with Crippen LogP contribution in [0.5, 0.6) is 0 Å². The minimum atomic E-state index is -0.284. The maximum Gasteiger partial charge on any atom is 0.271 e. The van der Waals surface area contributed by atoms with Gasteiger partial charge in [-0.1, -0.05) is 29.8 Å². The quantitative estimate of drug-likeness (QED) is 0.670. The number of anilines is 1. The summed E-state index contributed by atoms with van der Waals surface area (Å²) >= 11 is 5.97. The van der Waals surface area contributed by atoms with Crippen LogP contribution in [-0.2, 0) is 13.0 Å². The number of hydrogen-bond donors (Lipinski definition) is 2. The van der Waals surface area contributed by atoms with Crippen molar-refractivity contribution >= 4 is 23.3 Å². The van der Waals surface area contributed by atoms with E-state index >= 15 is 0 Å². The Morgan fingerprint density at radius 3 is 2.69 bits per heavy atom. The van der Waals surface area contributed by atoms with Crippen LogP contribution >= 0.6 is 11.6 Å². The first kappa shape index (κ1) is 17.8. The number of halogens is 1. The van der Waals surface area contributed by atoms with Crippen LogP contribution < -0.4 is 10.6 Å². The predicted octanol–water partition coefficient (Wildman–Crippen LogP) is 3.11. The second-order valence-electron chi connectivity index (χ2n) is 5.60. The molecule has 0 aliphatic rings. The van der Waals surface area contributed by atoms with E-state index in [9.17, 15) is 4.79 Å². The Morgan fingerprint density at radius 2 is 1.96 bits per heavy atom. The summed E-state index contributed by atoms with van der Waals surface area (Å²) < 4.78 is 0. The number of carbonyl (C=O) groups excluding carboxylic acids is 1. The first-order valence-electron chi connectivity index (χ1n) is 8.19. The summed E-state index contributed by atoms with van der Waals surface area (Å²) in [6.45, 7) is 1.04. The molecule has 0 unspecified atom stereocenters. The molecule has 132 valence electrons. The number of amides is 1. The summed E-state index contributed by atoms with van der Waals surface area (Å²) in [5, 5.41) is 6.67. The second-order valence-corrected chi connectivity index (χ2v) is 6.03. The summed E-state index contributed by atoms with van der Waals surface area (Å²) in [6, 6.07) is 13.3. The van der Waals surface area contributed by atoms with Crippen molar-refractivity contribution in [3.8, 4) is 0 Å². The molecule has 0 saturated carbocycles. The van der Waals surface area contributed by atoms with E-state index in [1.807, 2.05) is 42.5 Å². The van der Waals surface area contributed by atoms with Crippen molar-refractivity contribution in [1.82, 2.24) is 20.3 Å². The lowest BCUT2D eigenvalue weighted by atomic mass is 10.1. The average Bonchev–Trinajstić information content (AvgIpc) is 2.67. The van der Waals surface area contributed by atoms with E-state index < -0.39 is 0 Å². The fourth-order valence-electron chi connectivity index (χ4n) is 2.33. The van der Waals surface area contributed by atoms with Gasteiger partial charge in [-0.2, -0.15) is 0 Å². The maximum atomic E-state index is 12.1. The van der Waals surface area contributed by atoms with Crippen molar-refractivity contribution in [3.05, 3.63) is 83.0 Å². The van der Waals surface area contributed by atoms with Crippen LogP contribution in [0.15, 0.2) is 61.1 Å². The lowest BCUT2D eigenvalue weighted by Gasteiger charge is -2.07. The van der Waals surface area contributed by atoms with Gasteiger partial charge in [0.15, 0.2) is 0 Å². The zero-order chi connectivity index (χ0) is 18.2. The number of benzene rings is 1. The molecule has 1 amide bonds. The molecular weight excluding hydrogens is 350 g/mol. The Morgan fingerprint density at radius 1 is 1.04 bits per heavy atom. The molecule has 0 saturated heterocycles. The van der Waals surface area contributed by atoms with Crippen molar-refractivity contribution in [2.75, 3.05) is 11.9 Å². The molecule has 0 atom stereocenters. The molecule has 2 N–H and O–H groups in total. The molecule has 7 heteroatoms. The average molecular weight is 368 g/mol. The van der Waals surface area contributed by atoms with Gasteiger partial charge < -0.3 is 10.6 Å². The van der Waals surface area contributed by atoms with Crippen molar-refractivity contribution in [1.29, 1.82) is 0 Å². The Bertz CT molecular complexity index is 855. The van der Waals surface area contributed by atoms with Crippen LogP contribution in [0.1, 0.15) is 21.7 Å². The summed E-state index contributed by atoms with van der Waals surface area (Å²) in [5.74, 6) is 0.335. The summed E-state index contributed by atoms with van der Waals surface area (Å²) in [7, 11) is 0. The Hall–Kier alpha value is -2.99. The smallest absolute Gasteiger partial charge is 0.271 e. The Labute approximate surface area is 156 Å². The van der Waals surface area contributed by atoms with Gasteiger partial charge in [-0.3, -0.25) is 9.78 Å². The van der Waals surface area contributed by atoms with Crippen LogP contribution in [0.3, 0.4) is 0 Å². The number of hydrogen-bond acceptors (Lipinski definition) is 5. The third-order valence-corrected chi connectivity index (χ3v) is 3.88. The fraction of sp³-hybridized carbons (Fsp3) is 0.158. The normalized spacial score (nSPS) is 10.3. The first-order chi connectivity index (χ1) is 12.7. The molecule has 0 radical (unpaired) electrons. The SMILES string of the molecule is O=C(NCc1ccccn1)c1cnc(NCCc2cccc(Cl)c2)cn1. The molecule has 0 aliphatic carbocycles. The van der Waals surface area contributed by atoms with Gasteiger partial charge in [0.25, 0.3) is 5.91 Å². The zero-order valence-electron chi connectivity index (χ0n) is 14.0. The largest absolute Gasteiger partial charge is 0.368 e. The van der Waals surface area contributed by atoms with Gasteiger partial charge in [0, 0.05) is 17.8 Å². The zero-order valence-corrected chi connectivity index (χ0v) is 14.8. The fourth-order valence-corrected chi connectivity index (χ4v) is 2.54. The van der Waals surface area contributed by atoms with Crippen LogP contribution in [0, 0.1) is 0 Å². The summed E-state index contributed by atoms with van der Waals surface area (Å²) in [4.78, 5) is 24.6.